The number of aldehydes is 1. The third-order valence-corrected chi connectivity index (χ3v) is 3.53. The van der Waals surface area contributed by atoms with Crippen molar-refractivity contribution in [3.05, 3.63) is 22.4 Å². The SMILES string of the molecule is O=CC1(CCc2cccs2)CC1. The summed E-state index contributed by atoms with van der Waals surface area (Å²) in [5.74, 6) is 0. The first-order valence-electron chi connectivity index (χ1n) is 4.33. The predicted molar refractivity (Wildman–Crippen MR) is 50.4 cm³/mol. The molecule has 2 rings (SSSR count). The molecule has 1 aliphatic rings. The van der Waals surface area contributed by atoms with Gasteiger partial charge in [0, 0.05) is 10.3 Å². The zero-order valence-corrected chi connectivity index (χ0v) is 7.77. The van der Waals surface area contributed by atoms with Gasteiger partial charge in [-0.3, -0.25) is 0 Å². The van der Waals surface area contributed by atoms with Gasteiger partial charge in [-0.1, -0.05) is 6.07 Å². The molecule has 2 heteroatoms. The van der Waals surface area contributed by atoms with Gasteiger partial charge >= 0.3 is 0 Å². The van der Waals surface area contributed by atoms with Crippen molar-refractivity contribution in [2.45, 2.75) is 25.7 Å². The van der Waals surface area contributed by atoms with Gasteiger partial charge in [0.1, 0.15) is 6.29 Å². The molecule has 12 heavy (non-hydrogen) atoms. The molecule has 0 unspecified atom stereocenters. The first kappa shape index (κ1) is 7.99. The van der Waals surface area contributed by atoms with Gasteiger partial charge in [0.2, 0.25) is 0 Å². The number of rotatable bonds is 4. The summed E-state index contributed by atoms with van der Waals surface area (Å²) in [7, 11) is 0. The third-order valence-electron chi connectivity index (χ3n) is 2.59. The van der Waals surface area contributed by atoms with E-state index in [1.807, 2.05) is 0 Å². The molecule has 0 aromatic carbocycles. The Balaban J connectivity index is 1.86. The second-order valence-corrected chi connectivity index (χ2v) is 4.59. The van der Waals surface area contributed by atoms with E-state index in [9.17, 15) is 4.79 Å². The molecule has 1 saturated carbocycles. The molecule has 1 aromatic heterocycles. The number of aryl methyl sites for hydroxylation is 1. The molecule has 0 aliphatic heterocycles. The highest BCUT2D eigenvalue weighted by atomic mass is 32.1. The summed E-state index contributed by atoms with van der Waals surface area (Å²) in [6, 6.07) is 4.21. The number of thiophene rings is 1. The lowest BCUT2D eigenvalue weighted by atomic mass is 10.0. The van der Waals surface area contributed by atoms with Gasteiger partial charge < -0.3 is 4.79 Å². The maximum atomic E-state index is 10.7. The minimum absolute atomic E-state index is 0.0873. The number of carbonyl (C=O) groups excluding carboxylic acids is 1. The van der Waals surface area contributed by atoms with Crippen LogP contribution in [0.15, 0.2) is 17.5 Å². The van der Waals surface area contributed by atoms with Gasteiger partial charge in [0.15, 0.2) is 0 Å². The van der Waals surface area contributed by atoms with Crippen LogP contribution in [0.1, 0.15) is 24.1 Å². The summed E-state index contributed by atoms with van der Waals surface area (Å²) >= 11 is 1.79. The summed E-state index contributed by atoms with van der Waals surface area (Å²) in [5.41, 5.74) is 0.0873. The van der Waals surface area contributed by atoms with E-state index < -0.39 is 0 Å². The van der Waals surface area contributed by atoms with Crippen molar-refractivity contribution in [1.29, 1.82) is 0 Å². The van der Waals surface area contributed by atoms with E-state index >= 15 is 0 Å². The topological polar surface area (TPSA) is 17.1 Å². The van der Waals surface area contributed by atoms with E-state index in [0.29, 0.717) is 0 Å². The van der Waals surface area contributed by atoms with Crippen LogP contribution in [0.25, 0.3) is 0 Å². The Kier molecular flexibility index (Phi) is 2.01. The van der Waals surface area contributed by atoms with Gasteiger partial charge in [0.05, 0.1) is 0 Å². The molecule has 64 valence electrons. The van der Waals surface area contributed by atoms with Gasteiger partial charge in [0.25, 0.3) is 0 Å². The Morgan fingerprint density at radius 3 is 2.92 bits per heavy atom. The monoisotopic (exact) mass is 180 g/mol. The maximum Gasteiger partial charge on any atom is 0.126 e. The Bertz CT molecular complexity index is 259. The molecule has 0 spiro atoms. The second-order valence-electron chi connectivity index (χ2n) is 3.56. The summed E-state index contributed by atoms with van der Waals surface area (Å²) in [5, 5.41) is 2.09. The predicted octanol–water partition coefficient (Wildman–Crippen LogP) is 2.66. The van der Waals surface area contributed by atoms with Crippen molar-refractivity contribution >= 4 is 17.6 Å². The molecule has 1 aliphatic carbocycles. The average molecular weight is 180 g/mol. The molecule has 0 bridgehead atoms. The molecule has 1 nitrogen and oxygen atoms in total. The van der Waals surface area contributed by atoms with Crippen LogP contribution in [0.4, 0.5) is 0 Å². The first-order valence-corrected chi connectivity index (χ1v) is 5.21. The van der Waals surface area contributed by atoms with E-state index in [4.69, 9.17) is 0 Å². The molecule has 0 saturated heterocycles. The minimum atomic E-state index is 0.0873. The molecular formula is C10H12OS. The van der Waals surface area contributed by atoms with Crippen molar-refractivity contribution in [2.75, 3.05) is 0 Å². The van der Waals surface area contributed by atoms with Crippen LogP contribution in [0.5, 0.6) is 0 Å². The summed E-state index contributed by atoms with van der Waals surface area (Å²) in [4.78, 5) is 12.1. The smallest absolute Gasteiger partial charge is 0.126 e. The lowest BCUT2D eigenvalue weighted by Gasteiger charge is -2.03. The fourth-order valence-corrected chi connectivity index (χ4v) is 2.12. The van der Waals surface area contributed by atoms with Crippen molar-refractivity contribution in [2.24, 2.45) is 5.41 Å². The highest BCUT2D eigenvalue weighted by molar-refractivity contribution is 7.09. The van der Waals surface area contributed by atoms with Crippen LogP contribution in [0.2, 0.25) is 0 Å². The fourth-order valence-electron chi connectivity index (χ4n) is 1.41. The Morgan fingerprint density at radius 2 is 2.42 bits per heavy atom. The van der Waals surface area contributed by atoms with Crippen LogP contribution in [-0.2, 0) is 11.2 Å². The van der Waals surface area contributed by atoms with E-state index in [2.05, 4.69) is 17.5 Å². The van der Waals surface area contributed by atoms with E-state index in [1.54, 1.807) is 11.3 Å². The summed E-state index contributed by atoms with van der Waals surface area (Å²) < 4.78 is 0. The quantitative estimate of drug-likeness (QED) is 0.651. The van der Waals surface area contributed by atoms with Crippen LogP contribution < -0.4 is 0 Å². The van der Waals surface area contributed by atoms with E-state index in [-0.39, 0.29) is 5.41 Å². The lowest BCUT2D eigenvalue weighted by Crippen LogP contribution is -2.02. The van der Waals surface area contributed by atoms with Gasteiger partial charge in [-0.15, -0.1) is 11.3 Å². The largest absolute Gasteiger partial charge is 0.303 e. The van der Waals surface area contributed by atoms with Gasteiger partial charge in [-0.05, 0) is 37.1 Å². The molecule has 0 atom stereocenters. The molecule has 0 amide bonds. The Labute approximate surface area is 76.4 Å². The zero-order chi connectivity index (χ0) is 8.44. The number of carbonyl (C=O) groups is 1. The molecule has 1 aromatic rings. The molecule has 1 fully saturated rings. The first-order chi connectivity index (χ1) is 5.85. The minimum Gasteiger partial charge on any atom is -0.303 e. The lowest BCUT2D eigenvalue weighted by molar-refractivity contribution is -0.112. The van der Waals surface area contributed by atoms with Gasteiger partial charge in [-0.25, -0.2) is 0 Å². The van der Waals surface area contributed by atoms with Crippen molar-refractivity contribution < 1.29 is 4.79 Å². The highest BCUT2D eigenvalue weighted by Crippen LogP contribution is 2.47. The number of hydrogen-bond acceptors (Lipinski definition) is 2. The van der Waals surface area contributed by atoms with Crippen molar-refractivity contribution in [3.63, 3.8) is 0 Å². The van der Waals surface area contributed by atoms with E-state index in [1.165, 1.54) is 4.88 Å². The highest BCUT2D eigenvalue weighted by Gasteiger charge is 2.41. The average Bonchev–Trinajstić information content (AvgIpc) is 2.70. The Hall–Kier alpha value is -0.630. The van der Waals surface area contributed by atoms with E-state index in [0.717, 1.165) is 32.0 Å². The number of hydrogen-bond donors (Lipinski definition) is 0. The molecule has 1 heterocycles. The molecule has 0 N–H and O–H groups in total. The van der Waals surface area contributed by atoms with Crippen LogP contribution >= 0.6 is 11.3 Å². The van der Waals surface area contributed by atoms with Crippen LogP contribution in [-0.4, -0.2) is 6.29 Å². The zero-order valence-electron chi connectivity index (χ0n) is 6.95. The summed E-state index contributed by atoms with van der Waals surface area (Å²) in [6.45, 7) is 0. The normalized spacial score (nSPS) is 19.0. The fraction of sp³-hybridized carbons (Fsp3) is 0.500. The van der Waals surface area contributed by atoms with Crippen molar-refractivity contribution in [3.8, 4) is 0 Å². The third kappa shape index (κ3) is 1.58. The van der Waals surface area contributed by atoms with Crippen LogP contribution in [0.3, 0.4) is 0 Å². The van der Waals surface area contributed by atoms with Gasteiger partial charge in [-0.2, -0.15) is 0 Å². The Morgan fingerprint density at radius 1 is 1.58 bits per heavy atom. The summed E-state index contributed by atoms with van der Waals surface area (Å²) in [6.07, 6.45) is 5.51. The molecule has 0 radical (unpaired) electrons. The maximum absolute atomic E-state index is 10.7. The standard InChI is InChI=1S/C10H12OS/c11-8-10(5-6-10)4-3-9-2-1-7-12-9/h1-2,7-8H,3-6H2. The second kappa shape index (κ2) is 3.02. The van der Waals surface area contributed by atoms with Crippen molar-refractivity contribution in [1.82, 2.24) is 0 Å². The van der Waals surface area contributed by atoms with Crippen LogP contribution in [0, 0.1) is 5.41 Å². The molecular weight excluding hydrogens is 168 g/mol.